The lowest BCUT2D eigenvalue weighted by molar-refractivity contribution is 0.187. The highest BCUT2D eigenvalue weighted by Crippen LogP contribution is 2.27. The molecule has 0 fully saturated rings. The van der Waals surface area contributed by atoms with Crippen LogP contribution in [0.25, 0.3) is 0 Å². The number of aromatic nitrogens is 1. The molecule has 0 spiro atoms. The molecule has 24 heavy (non-hydrogen) atoms. The fraction of sp³-hybridized carbons (Fsp3) is 0.333. The van der Waals surface area contributed by atoms with Crippen LogP contribution in [-0.4, -0.2) is 35.7 Å². The standard InChI is InChI=1S/C18H22N4O.HI/c1-2-20-18(21-13-17(23)15-7-10-19-11-8-15)22-12-9-14-5-3-4-6-16(14)22;/h3-8,10-11,17,23H,2,9,12-13H2,1H3,(H,20,21);1H. The third-order valence-corrected chi connectivity index (χ3v) is 3.98. The summed E-state index contributed by atoms with van der Waals surface area (Å²) in [5.74, 6) is 0.825. The van der Waals surface area contributed by atoms with Gasteiger partial charge in [-0.1, -0.05) is 18.2 Å². The first kappa shape index (κ1) is 18.7. The van der Waals surface area contributed by atoms with Crippen LogP contribution >= 0.6 is 24.0 Å². The third kappa shape index (κ3) is 4.24. The summed E-state index contributed by atoms with van der Waals surface area (Å²) in [6, 6.07) is 12.0. The monoisotopic (exact) mass is 438 g/mol. The Morgan fingerprint density at radius 1 is 1.29 bits per heavy atom. The van der Waals surface area contributed by atoms with Gasteiger partial charge >= 0.3 is 0 Å². The summed E-state index contributed by atoms with van der Waals surface area (Å²) < 4.78 is 0. The summed E-state index contributed by atoms with van der Waals surface area (Å²) in [6.45, 7) is 4.08. The number of benzene rings is 1. The zero-order valence-corrected chi connectivity index (χ0v) is 16.1. The van der Waals surface area contributed by atoms with Crippen LogP contribution in [0.15, 0.2) is 53.8 Å². The number of pyridine rings is 1. The Morgan fingerprint density at radius 2 is 2.04 bits per heavy atom. The van der Waals surface area contributed by atoms with Gasteiger partial charge in [0.1, 0.15) is 0 Å². The maximum absolute atomic E-state index is 10.3. The van der Waals surface area contributed by atoms with Gasteiger partial charge in [0, 0.05) is 31.2 Å². The maximum atomic E-state index is 10.3. The molecule has 6 heteroatoms. The number of fused-ring (bicyclic) bond motifs is 1. The molecule has 1 aliphatic rings. The van der Waals surface area contributed by atoms with Crippen molar-refractivity contribution in [3.05, 3.63) is 59.9 Å². The number of aliphatic hydroxyl groups is 1. The highest BCUT2D eigenvalue weighted by molar-refractivity contribution is 14.0. The smallest absolute Gasteiger partial charge is 0.198 e. The van der Waals surface area contributed by atoms with Gasteiger partial charge < -0.3 is 15.3 Å². The van der Waals surface area contributed by atoms with E-state index < -0.39 is 6.10 Å². The van der Waals surface area contributed by atoms with E-state index in [2.05, 4.69) is 45.3 Å². The second-order valence-electron chi connectivity index (χ2n) is 5.52. The average Bonchev–Trinajstić information content (AvgIpc) is 3.03. The number of para-hydroxylation sites is 1. The molecule has 1 atom stereocenters. The number of aliphatic imine (C=N–C) groups is 1. The SMILES string of the molecule is CCNC(=NCC(O)c1ccncc1)N1CCc2ccccc21.I. The highest BCUT2D eigenvalue weighted by Gasteiger charge is 2.22. The normalized spacial score (nSPS) is 14.8. The molecule has 1 aliphatic heterocycles. The number of hydrogen-bond acceptors (Lipinski definition) is 3. The molecular weight excluding hydrogens is 415 g/mol. The Hall–Kier alpha value is -1.67. The fourth-order valence-electron chi connectivity index (χ4n) is 2.82. The zero-order valence-electron chi connectivity index (χ0n) is 13.7. The first-order valence-corrected chi connectivity index (χ1v) is 8.01. The first-order chi connectivity index (χ1) is 11.3. The van der Waals surface area contributed by atoms with Crippen molar-refractivity contribution in [2.24, 2.45) is 4.99 Å². The summed E-state index contributed by atoms with van der Waals surface area (Å²) in [5, 5.41) is 13.6. The van der Waals surface area contributed by atoms with Gasteiger partial charge in [-0.3, -0.25) is 4.98 Å². The van der Waals surface area contributed by atoms with Crippen LogP contribution in [0.2, 0.25) is 0 Å². The van der Waals surface area contributed by atoms with Crippen LogP contribution in [0.3, 0.4) is 0 Å². The molecule has 2 N–H and O–H groups in total. The summed E-state index contributed by atoms with van der Waals surface area (Å²) in [4.78, 5) is 10.8. The number of nitrogens with zero attached hydrogens (tertiary/aromatic N) is 3. The van der Waals surface area contributed by atoms with E-state index in [0.29, 0.717) is 6.54 Å². The Balaban J connectivity index is 0.00000208. The molecule has 0 saturated carbocycles. The number of guanidine groups is 1. The van der Waals surface area contributed by atoms with Crippen molar-refractivity contribution in [2.45, 2.75) is 19.4 Å². The lowest BCUT2D eigenvalue weighted by Crippen LogP contribution is -2.40. The predicted octanol–water partition coefficient (Wildman–Crippen LogP) is 2.76. The number of anilines is 1. The zero-order chi connectivity index (χ0) is 16.1. The molecule has 0 aliphatic carbocycles. The molecule has 0 saturated heterocycles. The summed E-state index contributed by atoms with van der Waals surface area (Å²) in [5.41, 5.74) is 3.37. The van der Waals surface area contributed by atoms with E-state index in [0.717, 1.165) is 31.0 Å². The summed E-state index contributed by atoms with van der Waals surface area (Å²) >= 11 is 0. The second-order valence-corrected chi connectivity index (χ2v) is 5.52. The highest BCUT2D eigenvalue weighted by atomic mass is 127. The quantitative estimate of drug-likeness (QED) is 0.438. The van der Waals surface area contributed by atoms with Crippen LogP contribution in [-0.2, 0) is 6.42 Å². The van der Waals surface area contributed by atoms with Crippen molar-refractivity contribution in [2.75, 3.05) is 24.5 Å². The van der Waals surface area contributed by atoms with E-state index in [1.807, 2.05) is 18.2 Å². The van der Waals surface area contributed by atoms with Gasteiger partial charge in [0.25, 0.3) is 0 Å². The minimum absolute atomic E-state index is 0. The summed E-state index contributed by atoms with van der Waals surface area (Å²) in [6.07, 6.45) is 3.77. The molecule has 1 aromatic carbocycles. The van der Waals surface area contributed by atoms with Crippen molar-refractivity contribution >= 4 is 35.6 Å². The number of aliphatic hydroxyl groups excluding tert-OH is 1. The number of hydrogen-bond donors (Lipinski definition) is 2. The van der Waals surface area contributed by atoms with Gasteiger partial charge in [-0.05, 0) is 42.7 Å². The minimum atomic E-state index is -0.621. The molecule has 2 aromatic rings. The van der Waals surface area contributed by atoms with E-state index in [9.17, 15) is 5.11 Å². The van der Waals surface area contributed by atoms with E-state index >= 15 is 0 Å². The van der Waals surface area contributed by atoms with E-state index in [1.165, 1.54) is 11.3 Å². The molecule has 0 radical (unpaired) electrons. The molecule has 5 nitrogen and oxygen atoms in total. The van der Waals surface area contributed by atoms with Crippen molar-refractivity contribution in [1.82, 2.24) is 10.3 Å². The van der Waals surface area contributed by atoms with Crippen molar-refractivity contribution in [1.29, 1.82) is 0 Å². The van der Waals surface area contributed by atoms with Crippen LogP contribution in [0, 0.1) is 0 Å². The lowest BCUT2D eigenvalue weighted by Gasteiger charge is -2.22. The maximum Gasteiger partial charge on any atom is 0.198 e. The number of nitrogens with one attached hydrogen (secondary N) is 1. The largest absolute Gasteiger partial charge is 0.386 e. The van der Waals surface area contributed by atoms with Crippen LogP contribution in [0.5, 0.6) is 0 Å². The van der Waals surface area contributed by atoms with Crippen LogP contribution in [0.4, 0.5) is 5.69 Å². The van der Waals surface area contributed by atoms with Crippen LogP contribution < -0.4 is 10.2 Å². The molecule has 0 bridgehead atoms. The van der Waals surface area contributed by atoms with Crippen molar-refractivity contribution in [3.8, 4) is 0 Å². The van der Waals surface area contributed by atoms with Gasteiger partial charge in [0.15, 0.2) is 5.96 Å². The van der Waals surface area contributed by atoms with Crippen LogP contribution in [0.1, 0.15) is 24.2 Å². The van der Waals surface area contributed by atoms with Gasteiger partial charge in [-0.2, -0.15) is 0 Å². The Kier molecular flexibility index (Phi) is 6.99. The lowest BCUT2D eigenvalue weighted by atomic mass is 10.1. The third-order valence-electron chi connectivity index (χ3n) is 3.98. The van der Waals surface area contributed by atoms with Gasteiger partial charge in [-0.25, -0.2) is 4.99 Å². The Morgan fingerprint density at radius 3 is 2.79 bits per heavy atom. The topological polar surface area (TPSA) is 60.8 Å². The Labute approximate surface area is 159 Å². The average molecular weight is 438 g/mol. The molecular formula is C18H23IN4O. The predicted molar refractivity (Wildman–Crippen MR) is 108 cm³/mol. The minimum Gasteiger partial charge on any atom is -0.386 e. The van der Waals surface area contributed by atoms with Gasteiger partial charge in [0.05, 0.1) is 12.6 Å². The molecule has 3 rings (SSSR count). The first-order valence-electron chi connectivity index (χ1n) is 8.01. The molecule has 1 aromatic heterocycles. The van der Waals surface area contributed by atoms with Crippen molar-refractivity contribution < 1.29 is 5.11 Å². The number of rotatable bonds is 4. The summed E-state index contributed by atoms with van der Waals surface area (Å²) in [7, 11) is 0. The van der Waals surface area contributed by atoms with Gasteiger partial charge in [0.2, 0.25) is 0 Å². The van der Waals surface area contributed by atoms with Gasteiger partial charge in [-0.15, -0.1) is 24.0 Å². The Bertz CT molecular complexity index is 678. The number of halogens is 1. The van der Waals surface area contributed by atoms with E-state index in [1.54, 1.807) is 12.4 Å². The van der Waals surface area contributed by atoms with E-state index in [-0.39, 0.29) is 24.0 Å². The fourth-order valence-corrected chi connectivity index (χ4v) is 2.82. The van der Waals surface area contributed by atoms with E-state index in [4.69, 9.17) is 0 Å². The van der Waals surface area contributed by atoms with Crippen molar-refractivity contribution in [3.63, 3.8) is 0 Å². The molecule has 128 valence electrons. The molecule has 2 heterocycles. The molecule has 1 unspecified atom stereocenters. The molecule has 0 amide bonds. The second kappa shape index (κ2) is 8.98.